The minimum atomic E-state index is -1.24. The molecular weight excluding hydrogens is 558 g/mol. The number of terminal acetylenes is 1. The van der Waals surface area contributed by atoms with Crippen molar-refractivity contribution < 1.29 is 28.7 Å². The minimum absolute atomic E-state index is 0.163. The van der Waals surface area contributed by atoms with Crippen LogP contribution in [0.5, 0.6) is 0 Å². The molecule has 0 aliphatic heterocycles. The molecule has 0 aliphatic carbocycles. The van der Waals surface area contributed by atoms with Crippen molar-refractivity contribution in [1.29, 1.82) is 0 Å². The Hall–Kier alpha value is -4.32. The summed E-state index contributed by atoms with van der Waals surface area (Å²) in [5.74, 6) is 0.850. The maximum absolute atomic E-state index is 14.4. The molecule has 2 atom stereocenters. The van der Waals surface area contributed by atoms with E-state index in [1.54, 1.807) is 65.8 Å². The molecule has 9 heteroatoms. The molecule has 238 valence electrons. The van der Waals surface area contributed by atoms with E-state index >= 15 is 0 Å². The van der Waals surface area contributed by atoms with Crippen molar-refractivity contribution in [3.8, 4) is 12.3 Å². The van der Waals surface area contributed by atoms with Gasteiger partial charge in [-0.2, -0.15) is 0 Å². The first-order valence-electron chi connectivity index (χ1n) is 14.8. The van der Waals surface area contributed by atoms with Gasteiger partial charge in [-0.15, -0.1) is 6.42 Å². The zero-order valence-corrected chi connectivity index (χ0v) is 27.4. The van der Waals surface area contributed by atoms with Gasteiger partial charge in [-0.3, -0.25) is 9.59 Å². The van der Waals surface area contributed by atoms with Crippen LogP contribution in [0.3, 0.4) is 0 Å². The summed E-state index contributed by atoms with van der Waals surface area (Å²) in [6.45, 7) is 15.5. The number of carbonyl (C=O) groups is 4. The number of nitrogens with one attached hydrogen (secondary N) is 2. The van der Waals surface area contributed by atoms with E-state index in [2.05, 4.69) is 16.6 Å². The number of amides is 3. The predicted molar refractivity (Wildman–Crippen MR) is 170 cm³/mol. The fourth-order valence-corrected chi connectivity index (χ4v) is 4.48. The second kappa shape index (κ2) is 14.9. The van der Waals surface area contributed by atoms with E-state index in [-0.39, 0.29) is 6.42 Å². The molecule has 0 heterocycles. The van der Waals surface area contributed by atoms with Crippen molar-refractivity contribution in [1.82, 2.24) is 15.5 Å². The van der Waals surface area contributed by atoms with Crippen LogP contribution in [0.15, 0.2) is 54.6 Å². The Labute approximate surface area is 262 Å². The van der Waals surface area contributed by atoms with Crippen LogP contribution in [0.25, 0.3) is 0 Å². The Kier molecular flexibility index (Phi) is 12.2. The van der Waals surface area contributed by atoms with Gasteiger partial charge in [0.15, 0.2) is 0 Å². The quantitative estimate of drug-likeness (QED) is 0.265. The molecule has 0 spiro atoms. The summed E-state index contributed by atoms with van der Waals surface area (Å²) in [5.41, 5.74) is -0.813. The summed E-state index contributed by atoms with van der Waals surface area (Å²) in [6.07, 6.45) is 5.71. The van der Waals surface area contributed by atoms with Crippen LogP contribution in [0.2, 0.25) is 0 Å². The Morgan fingerprint density at radius 2 is 1.43 bits per heavy atom. The van der Waals surface area contributed by atoms with E-state index < -0.39 is 59.2 Å². The summed E-state index contributed by atoms with van der Waals surface area (Å²) >= 11 is 0. The highest BCUT2D eigenvalue weighted by atomic mass is 16.6. The second-order valence-electron chi connectivity index (χ2n) is 13.2. The summed E-state index contributed by atoms with van der Waals surface area (Å²) < 4.78 is 11.0. The third-order valence-corrected chi connectivity index (χ3v) is 6.78. The normalized spacial score (nSPS) is 13.1. The van der Waals surface area contributed by atoms with Crippen LogP contribution in [0.1, 0.15) is 91.5 Å². The second-order valence-corrected chi connectivity index (χ2v) is 13.2. The first-order valence-corrected chi connectivity index (χ1v) is 14.8. The number of esters is 1. The number of rotatable bonds is 11. The highest BCUT2D eigenvalue weighted by Crippen LogP contribution is 2.33. The van der Waals surface area contributed by atoms with Gasteiger partial charge in [0.1, 0.15) is 29.8 Å². The van der Waals surface area contributed by atoms with Gasteiger partial charge in [0.05, 0.1) is 0 Å². The molecule has 0 aromatic heterocycles. The summed E-state index contributed by atoms with van der Waals surface area (Å²) in [7, 11) is 0. The van der Waals surface area contributed by atoms with Crippen LogP contribution < -0.4 is 10.6 Å². The molecule has 2 aromatic rings. The van der Waals surface area contributed by atoms with Crippen molar-refractivity contribution >= 4 is 23.9 Å². The Balaban J connectivity index is 2.61. The zero-order valence-electron chi connectivity index (χ0n) is 27.4. The SMILES string of the molecule is C#Cc1ccccc1C(C(=O)NC(Cc1ccccc1)C(=O)OC(C)(C)C)N(C(=O)CNC(=O)OC(C)(C)C)C(C)(C)CC. The molecule has 0 aliphatic rings. The lowest BCUT2D eigenvalue weighted by molar-refractivity contribution is -0.159. The fourth-order valence-electron chi connectivity index (χ4n) is 4.48. The number of benzene rings is 2. The summed E-state index contributed by atoms with van der Waals surface area (Å²) in [6, 6.07) is 13.8. The first kappa shape index (κ1) is 35.9. The number of carbonyl (C=O) groups excluding carboxylic acids is 4. The molecule has 3 amide bonds. The van der Waals surface area contributed by atoms with E-state index in [4.69, 9.17) is 15.9 Å². The topological polar surface area (TPSA) is 114 Å². The van der Waals surface area contributed by atoms with Gasteiger partial charge < -0.3 is 25.0 Å². The Morgan fingerprint density at radius 1 is 0.864 bits per heavy atom. The zero-order chi connectivity index (χ0) is 33.3. The van der Waals surface area contributed by atoms with Crippen molar-refractivity contribution in [2.24, 2.45) is 0 Å². The van der Waals surface area contributed by atoms with Gasteiger partial charge in [-0.05, 0) is 79.0 Å². The highest BCUT2D eigenvalue weighted by molar-refractivity contribution is 5.93. The van der Waals surface area contributed by atoms with Crippen molar-refractivity contribution in [2.45, 2.75) is 104 Å². The average Bonchev–Trinajstić information content (AvgIpc) is 2.92. The van der Waals surface area contributed by atoms with Crippen LogP contribution in [0, 0.1) is 12.3 Å². The van der Waals surface area contributed by atoms with Crippen molar-refractivity contribution in [3.63, 3.8) is 0 Å². The highest BCUT2D eigenvalue weighted by Gasteiger charge is 2.42. The molecule has 2 rings (SSSR count). The third-order valence-electron chi connectivity index (χ3n) is 6.78. The number of nitrogens with zero attached hydrogens (tertiary/aromatic N) is 1. The van der Waals surface area contributed by atoms with E-state index in [1.807, 2.05) is 51.1 Å². The van der Waals surface area contributed by atoms with Crippen molar-refractivity contribution in [3.05, 3.63) is 71.3 Å². The molecule has 2 unspecified atom stereocenters. The molecule has 44 heavy (non-hydrogen) atoms. The van der Waals surface area contributed by atoms with Crippen LogP contribution in [-0.4, -0.2) is 58.1 Å². The average molecular weight is 606 g/mol. The minimum Gasteiger partial charge on any atom is -0.458 e. The van der Waals surface area contributed by atoms with Crippen molar-refractivity contribution in [2.75, 3.05) is 6.54 Å². The molecule has 0 saturated carbocycles. The number of hydrogen-bond donors (Lipinski definition) is 2. The van der Waals surface area contributed by atoms with E-state index in [0.29, 0.717) is 17.5 Å². The van der Waals surface area contributed by atoms with E-state index in [9.17, 15) is 19.2 Å². The molecule has 0 saturated heterocycles. The third kappa shape index (κ3) is 10.7. The maximum atomic E-state index is 14.4. The van der Waals surface area contributed by atoms with Gasteiger partial charge >= 0.3 is 12.1 Å². The van der Waals surface area contributed by atoms with E-state index in [0.717, 1.165) is 5.56 Å². The monoisotopic (exact) mass is 605 g/mol. The standard InChI is InChI=1S/C35H47N3O6/c1-11-25-20-16-17-21-26(25)29(38(35(9,10)12-2)28(39)23-36-32(42)44-34(6,7)8)30(40)37-27(31(41)43-33(3,4)5)22-24-18-14-13-15-19-24/h1,13-21,27,29H,12,22-23H2,2-10H3,(H,36,42)(H,37,40). The van der Waals surface area contributed by atoms with Gasteiger partial charge in [0, 0.05) is 17.5 Å². The predicted octanol–water partition coefficient (Wildman–Crippen LogP) is 5.32. The molecular formula is C35H47N3O6. The summed E-state index contributed by atoms with van der Waals surface area (Å²) in [5, 5.41) is 5.39. The van der Waals surface area contributed by atoms with Crippen LogP contribution in [-0.2, 0) is 30.3 Å². The van der Waals surface area contributed by atoms with Gasteiger partial charge in [-0.1, -0.05) is 61.4 Å². The molecule has 9 nitrogen and oxygen atoms in total. The largest absolute Gasteiger partial charge is 0.458 e. The number of alkyl carbamates (subject to hydrolysis) is 1. The fraction of sp³-hybridized carbons (Fsp3) is 0.486. The lowest BCUT2D eigenvalue weighted by Crippen LogP contribution is -2.58. The Morgan fingerprint density at radius 3 is 1.98 bits per heavy atom. The van der Waals surface area contributed by atoms with Crippen LogP contribution >= 0.6 is 0 Å². The van der Waals surface area contributed by atoms with Gasteiger partial charge in [0.25, 0.3) is 0 Å². The Bertz CT molecular complexity index is 1350. The van der Waals surface area contributed by atoms with Gasteiger partial charge in [-0.25, -0.2) is 9.59 Å². The first-order chi connectivity index (χ1) is 20.4. The lowest BCUT2D eigenvalue weighted by Gasteiger charge is -2.43. The van der Waals surface area contributed by atoms with Crippen LogP contribution in [0.4, 0.5) is 4.79 Å². The molecule has 2 aromatic carbocycles. The maximum Gasteiger partial charge on any atom is 0.408 e. The molecule has 0 radical (unpaired) electrons. The molecule has 2 N–H and O–H groups in total. The molecule has 0 fully saturated rings. The smallest absolute Gasteiger partial charge is 0.408 e. The van der Waals surface area contributed by atoms with E-state index in [1.165, 1.54) is 4.90 Å². The number of ether oxygens (including phenoxy) is 2. The lowest BCUT2D eigenvalue weighted by atomic mass is 9.90. The summed E-state index contributed by atoms with van der Waals surface area (Å²) in [4.78, 5) is 55.7. The molecule has 0 bridgehead atoms. The van der Waals surface area contributed by atoms with Gasteiger partial charge in [0.2, 0.25) is 11.8 Å². The number of hydrogen-bond acceptors (Lipinski definition) is 6.